The van der Waals surface area contributed by atoms with Crippen molar-refractivity contribution in [2.45, 2.75) is 13.5 Å². The number of carbonyl (C=O) groups is 1. The van der Waals surface area contributed by atoms with Crippen LogP contribution in [0.1, 0.15) is 12.5 Å². The van der Waals surface area contributed by atoms with Crippen molar-refractivity contribution in [2.75, 3.05) is 25.5 Å². The number of aliphatic imine (C=N–C) groups is 1. The van der Waals surface area contributed by atoms with Crippen LogP contribution in [0.4, 0.5) is 5.69 Å². The van der Waals surface area contributed by atoms with E-state index < -0.39 is 0 Å². The van der Waals surface area contributed by atoms with Crippen LogP contribution in [0, 0.1) is 0 Å². The summed E-state index contributed by atoms with van der Waals surface area (Å²) in [6, 6.07) is 14.0. The first-order valence-corrected chi connectivity index (χ1v) is 8.35. The van der Waals surface area contributed by atoms with Crippen molar-refractivity contribution in [1.29, 1.82) is 0 Å². The number of nitrogens with zero attached hydrogens (tertiary/aromatic N) is 1. The largest absolute Gasteiger partial charge is 0.508 e. The van der Waals surface area contributed by atoms with Crippen molar-refractivity contribution >= 4 is 17.6 Å². The van der Waals surface area contributed by atoms with Gasteiger partial charge >= 0.3 is 0 Å². The molecule has 0 unspecified atom stereocenters. The van der Waals surface area contributed by atoms with Crippen molar-refractivity contribution in [3.63, 3.8) is 0 Å². The lowest BCUT2D eigenvalue weighted by Gasteiger charge is -2.12. The molecule has 4 N–H and O–H groups in total. The molecule has 7 nitrogen and oxygen atoms in total. The molecular formula is C19H24N4O3. The van der Waals surface area contributed by atoms with Crippen molar-refractivity contribution in [1.82, 2.24) is 10.6 Å². The smallest absolute Gasteiger partial charge is 0.243 e. The minimum absolute atomic E-state index is 0.0681. The average molecular weight is 356 g/mol. The van der Waals surface area contributed by atoms with Crippen LogP contribution in [0.5, 0.6) is 11.5 Å². The number of phenolic OH excluding ortho intramolecular Hbond substituents is 1. The second kappa shape index (κ2) is 9.93. The molecule has 0 fully saturated rings. The fourth-order valence-electron chi connectivity index (χ4n) is 2.25. The third kappa shape index (κ3) is 6.01. The minimum Gasteiger partial charge on any atom is -0.508 e. The Morgan fingerprint density at radius 2 is 1.85 bits per heavy atom. The predicted octanol–water partition coefficient (Wildman–Crippen LogP) is 2.09. The Labute approximate surface area is 153 Å². The standard InChI is InChI=1S/C19H24N4O3/c1-3-20-19(21-12-14-6-4-5-7-17(14)26-2)22-13-18(25)23-15-8-10-16(24)11-9-15/h4-11,24H,3,12-13H2,1-2H3,(H,23,25)(H2,20,21,22). The SMILES string of the molecule is CCNC(=NCc1ccccc1OC)NCC(=O)Nc1ccc(O)cc1. The highest BCUT2D eigenvalue weighted by Crippen LogP contribution is 2.17. The van der Waals surface area contributed by atoms with E-state index >= 15 is 0 Å². The van der Waals surface area contributed by atoms with Gasteiger partial charge in [0.1, 0.15) is 11.5 Å². The minimum atomic E-state index is -0.210. The van der Waals surface area contributed by atoms with Gasteiger partial charge in [0.25, 0.3) is 0 Å². The van der Waals surface area contributed by atoms with Crippen LogP contribution in [-0.4, -0.2) is 37.2 Å². The first-order valence-electron chi connectivity index (χ1n) is 8.35. The molecule has 138 valence electrons. The van der Waals surface area contributed by atoms with Crippen LogP contribution in [0.25, 0.3) is 0 Å². The number of aromatic hydroxyl groups is 1. The van der Waals surface area contributed by atoms with Crippen LogP contribution in [0.2, 0.25) is 0 Å². The predicted molar refractivity (Wildman–Crippen MR) is 103 cm³/mol. The second-order valence-corrected chi connectivity index (χ2v) is 5.46. The summed E-state index contributed by atoms with van der Waals surface area (Å²) in [4.78, 5) is 16.5. The fourth-order valence-corrected chi connectivity index (χ4v) is 2.25. The van der Waals surface area contributed by atoms with E-state index in [1.54, 1.807) is 19.2 Å². The average Bonchev–Trinajstić information content (AvgIpc) is 2.66. The number of amides is 1. The quantitative estimate of drug-likeness (QED) is 0.346. The number of nitrogens with one attached hydrogen (secondary N) is 3. The molecule has 0 aromatic heterocycles. The van der Waals surface area contributed by atoms with Gasteiger partial charge in [-0.05, 0) is 37.3 Å². The van der Waals surface area contributed by atoms with Gasteiger partial charge in [0.15, 0.2) is 5.96 Å². The van der Waals surface area contributed by atoms with Gasteiger partial charge in [0.05, 0.1) is 20.2 Å². The zero-order valence-electron chi connectivity index (χ0n) is 15.0. The van der Waals surface area contributed by atoms with Crippen LogP contribution in [0.3, 0.4) is 0 Å². The molecule has 0 spiro atoms. The lowest BCUT2D eigenvalue weighted by atomic mass is 10.2. The van der Waals surface area contributed by atoms with E-state index in [0.29, 0.717) is 24.7 Å². The van der Waals surface area contributed by atoms with Gasteiger partial charge in [-0.25, -0.2) is 4.99 Å². The summed E-state index contributed by atoms with van der Waals surface area (Å²) >= 11 is 0. The zero-order chi connectivity index (χ0) is 18.8. The highest BCUT2D eigenvalue weighted by atomic mass is 16.5. The van der Waals surface area contributed by atoms with Gasteiger partial charge in [-0.3, -0.25) is 4.79 Å². The number of hydrogen-bond acceptors (Lipinski definition) is 4. The Balaban J connectivity index is 1.92. The Bertz CT molecular complexity index is 745. The van der Waals surface area contributed by atoms with Gasteiger partial charge in [0.2, 0.25) is 5.91 Å². The number of ether oxygens (including phenoxy) is 1. The van der Waals surface area contributed by atoms with Crippen molar-refractivity contribution in [3.8, 4) is 11.5 Å². The molecule has 2 aromatic rings. The summed E-state index contributed by atoms with van der Waals surface area (Å²) < 4.78 is 5.32. The number of benzene rings is 2. The number of rotatable bonds is 7. The van der Waals surface area contributed by atoms with Gasteiger partial charge in [0, 0.05) is 17.8 Å². The molecule has 26 heavy (non-hydrogen) atoms. The third-order valence-electron chi connectivity index (χ3n) is 3.51. The van der Waals surface area contributed by atoms with E-state index in [2.05, 4.69) is 20.9 Å². The number of phenols is 1. The molecule has 1 amide bonds. The molecule has 0 aliphatic rings. The van der Waals surface area contributed by atoms with E-state index in [1.807, 2.05) is 31.2 Å². The summed E-state index contributed by atoms with van der Waals surface area (Å²) in [5.41, 5.74) is 1.58. The summed E-state index contributed by atoms with van der Waals surface area (Å²) in [5, 5.41) is 18.1. The van der Waals surface area contributed by atoms with E-state index in [4.69, 9.17) is 4.74 Å². The number of methoxy groups -OCH3 is 1. The maximum absolute atomic E-state index is 12.0. The molecule has 2 aromatic carbocycles. The Morgan fingerprint density at radius 1 is 1.12 bits per heavy atom. The second-order valence-electron chi connectivity index (χ2n) is 5.46. The Kier molecular flexibility index (Phi) is 7.30. The van der Waals surface area contributed by atoms with Crippen LogP contribution < -0.4 is 20.7 Å². The molecular weight excluding hydrogens is 332 g/mol. The van der Waals surface area contributed by atoms with Gasteiger partial charge < -0.3 is 25.8 Å². The van der Waals surface area contributed by atoms with Gasteiger partial charge in [-0.15, -0.1) is 0 Å². The van der Waals surface area contributed by atoms with E-state index in [-0.39, 0.29) is 18.2 Å². The topological polar surface area (TPSA) is 95.0 Å². The van der Waals surface area contributed by atoms with Crippen molar-refractivity contribution in [3.05, 3.63) is 54.1 Å². The molecule has 7 heteroatoms. The number of guanidine groups is 1. The van der Waals surface area contributed by atoms with Gasteiger partial charge in [-0.2, -0.15) is 0 Å². The highest BCUT2D eigenvalue weighted by Gasteiger charge is 2.06. The maximum atomic E-state index is 12.0. The number of hydrogen-bond donors (Lipinski definition) is 4. The van der Waals surface area contributed by atoms with E-state index in [1.165, 1.54) is 12.1 Å². The number of para-hydroxylation sites is 1. The molecule has 0 saturated carbocycles. The molecule has 2 rings (SSSR count). The Morgan fingerprint density at radius 3 is 2.54 bits per heavy atom. The number of carbonyl (C=O) groups excluding carboxylic acids is 1. The molecule has 0 atom stereocenters. The zero-order valence-corrected chi connectivity index (χ0v) is 15.0. The highest BCUT2D eigenvalue weighted by molar-refractivity contribution is 5.95. The first kappa shape index (κ1) is 19.1. The van der Waals surface area contributed by atoms with Gasteiger partial charge in [-0.1, -0.05) is 18.2 Å². The number of anilines is 1. The normalized spacial score (nSPS) is 10.9. The lowest BCUT2D eigenvalue weighted by molar-refractivity contribution is -0.115. The molecule has 0 aliphatic heterocycles. The maximum Gasteiger partial charge on any atom is 0.243 e. The van der Waals surface area contributed by atoms with Crippen molar-refractivity contribution in [2.24, 2.45) is 4.99 Å². The third-order valence-corrected chi connectivity index (χ3v) is 3.51. The van der Waals surface area contributed by atoms with E-state index in [9.17, 15) is 9.90 Å². The lowest BCUT2D eigenvalue weighted by Crippen LogP contribution is -2.41. The fraction of sp³-hybridized carbons (Fsp3) is 0.263. The van der Waals surface area contributed by atoms with Crippen LogP contribution in [0.15, 0.2) is 53.5 Å². The van der Waals surface area contributed by atoms with Crippen molar-refractivity contribution < 1.29 is 14.6 Å². The van der Waals surface area contributed by atoms with E-state index in [0.717, 1.165) is 11.3 Å². The van der Waals surface area contributed by atoms with Crippen LogP contribution in [-0.2, 0) is 11.3 Å². The Hall–Kier alpha value is -3.22. The van der Waals surface area contributed by atoms with Crippen LogP contribution >= 0.6 is 0 Å². The first-order chi connectivity index (χ1) is 12.6. The summed E-state index contributed by atoms with van der Waals surface area (Å²) in [6.45, 7) is 3.13. The molecule has 0 radical (unpaired) electrons. The summed E-state index contributed by atoms with van der Waals surface area (Å²) in [6.07, 6.45) is 0. The molecule has 0 heterocycles. The monoisotopic (exact) mass is 356 g/mol. The summed E-state index contributed by atoms with van der Waals surface area (Å²) in [7, 11) is 1.62. The molecule has 0 saturated heterocycles. The summed E-state index contributed by atoms with van der Waals surface area (Å²) in [5.74, 6) is 1.26. The molecule has 0 bridgehead atoms. The molecule has 0 aliphatic carbocycles.